The van der Waals surface area contributed by atoms with Gasteiger partial charge in [-0.05, 0) is 56.7 Å². The molecule has 0 spiro atoms. The number of para-hydroxylation sites is 1. The molecule has 0 saturated carbocycles. The molecule has 184 valence electrons. The lowest BCUT2D eigenvalue weighted by atomic mass is 10.1. The third-order valence-electron chi connectivity index (χ3n) is 6.07. The SMILES string of the molecule is CCCC[C@H](O)CN(Cc1ccco1)Cc1c(C)nn(-c2ccccc2)c1Oc1ccc(C)cc1. The summed E-state index contributed by atoms with van der Waals surface area (Å²) in [4.78, 5) is 2.21. The van der Waals surface area contributed by atoms with Crippen LogP contribution in [0.15, 0.2) is 77.4 Å². The van der Waals surface area contributed by atoms with Gasteiger partial charge in [0.2, 0.25) is 5.88 Å². The minimum absolute atomic E-state index is 0.407. The number of hydrogen-bond donors (Lipinski definition) is 1. The van der Waals surface area contributed by atoms with E-state index in [9.17, 15) is 5.11 Å². The van der Waals surface area contributed by atoms with Crippen molar-refractivity contribution in [3.63, 3.8) is 0 Å². The Morgan fingerprint density at radius 1 is 1.00 bits per heavy atom. The van der Waals surface area contributed by atoms with Crippen molar-refractivity contribution in [2.45, 2.75) is 59.2 Å². The zero-order valence-corrected chi connectivity index (χ0v) is 20.9. The Balaban J connectivity index is 1.68. The number of aliphatic hydroxyl groups is 1. The van der Waals surface area contributed by atoms with Crippen LogP contribution in [0.1, 0.15) is 48.8 Å². The van der Waals surface area contributed by atoms with Gasteiger partial charge in [0.15, 0.2) is 0 Å². The summed E-state index contributed by atoms with van der Waals surface area (Å²) in [5.41, 5.74) is 3.99. The van der Waals surface area contributed by atoms with Crippen molar-refractivity contribution in [3.8, 4) is 17.3 Å². The van der Waals surface area contributed by atoms with E-state index in [4.69, 9.17) is 14.3 Å². The van der Waals surface area contributed by atoms with Crippen LogP contribution >= 0.6 is 0 Å². The fourth-order valence-electron chi connectivity index (χ4n) is 4.15. The van der Waals surface area contributed by atoms with Crippen LogP contribution in [-0.4, -0.2) is 32.4 Å². The number of benzene rings is 2. The van der Waals surface area contributed by atoms with Gasteiger partial charge in [-0.2, -0.15) is 5.10 Å². The highest BCUT2D eigenvalue weighted by Crippen LogP contribution is 2.32. The number of hydrogen-bond acceptors (Lipinski definition) is 5. The lowest BCUT2D eigenvalue weighted by Crippen LogP contribution is -2.32. The van der Waals surface area contributed by atoms with E-state index in [-0.39, 0.29) is 0 Å². The van der Waals surface area contributed by atoms with E-state index >= 15 is 0 Å². The minimum atomic E-state index is -0.407. The summed E-state index contributed by atoms with van der Waals surface area (Å²) < 4.78 is 14.0. The van der Waals surface area contributed by atoms with Gasteiger partial charge >= 0.3 is 0 Å². The fraction of sp³-hybridized carbons (Fsp3) is 0.345. The van der Waals surface area contributed by atoms with E-state index in [0.29, 0.717) is 25.5 Å². The van der Waals surface area contributed by atoms with Crippen molar-refractivity contribution in [3.05, 3.63) is 95.6 Å². The van der Waals surface area contributed by atoms with E-state index in [1.807, 2.05) is 78.3 Å². The maximum atomic E-state index is 10.7. The second kappa shape index (κ2) is 11.9. The van der Waals surface area contributed by atoms with Crippen molar-refractivity contribution >= 4 is 0 Å². The molecule has 0 aliphatic heterocycles. The molecule has 4 rings (SSSR count). The number of unbranched alkanes of at least 4 members (excludes halogenated alkanes) is 1. The molecule has 35 heavy (non-hydrogen) atoms. The molecule has 0 radical (unpaired) electrons. The van der Waals surface area contributed by atoms with E-state index in [1.165, 1.54) is 5.56 Å². The monoisotopic (exact) mass is 473 g/mol. The molecule has 2 aromatic heterocycles. The summed E-state index contributed by atoms with van der Waals surface area (Å²) in [6, 6.07) is 21.9. The van der Waals surface area contributed by atoms with Crippen molar-refractivity contribution in [1.82, 2.24) is 14.7 Å². The van der Waals surface area contributed by atoms with Crippen molar-refractivity contribution in [1.29, 1.82) is 0 Å². The summed E-state index contributed by atoms with van der Waals surface area (Å²) in [5, 5.41) is 15.6. The number of aromatic nitrogens is 2. The molecular formula is C29H35N3O3. The standard InChI is InChI=1S/C29H35N3O3/c1-4-5-12-25(33)19-31(20-27-13-9-18-34-27)21-28-23(3)30-32(24-10-7-6-8-11-24)29(28)35-26-16-14-22(2)15-17-26/h6-11,13-18,25,33H,4-5,12,19-21H2,1-3H3/t25-/m0/s1. The lowest BCUT2D eigenvalue weighted by Gasteiger charge is -2.24. The molecule has 1 atom stereocenters. The highest BCUT2D eigenvalue weighted by Gasteiger charge is 2.23. The van der Waals surface area contributed by atoms with E-state index in [1.54, 1.807) is 6.26 Å². The van der Waals surface area contributed by atoms with Gasteiger partial charge in [0.1, 0.15) is 11.5 Å². The van der Waals surface area contributed by atoms with Gasteiger partial charge in [-0.1, -0.05) is 55.7 Å². The molecule has 0 amide bonds. The molecule has 6 nitrogen and oxygen atoms in total. The zero-order valence-electron chi connectivity index (χ0n) is 20.9. The summed E-state index contributed by atoms with van der Waals surface area (Å²) >= 11 is 0. The van der Waals surface area contributed by atoms with Crippen LogP contribution in [0, 0.1) is 13.8 Å². The predicted octanol–water partition coefficient (Wildman–Crippen LogP) is 6.43. The molecule has 1 N–H and O–H groups in total. The number of nitrogens with zero attached hydrogens (tertiary/aromatic N) is 3. The van der Waals surface area contributed by atoms with Crippen LogP contribution in [0.2, 0.25) is 0 Å². The second-order valence-corrected chi connectivity index (χ2v) is 9.08. The summed E-state index contributed by atoms with van der Waals surface area (Å²) in [7, 11) is 0. The average Bonchev–Trinajstić information content (AvgIpc) is 3.48. The average molecular weight is 474 g/mol. The molecule has 0 saturated heterocycles. The number of rotatable bonds is 12. The molecule has 0 aliphatic rings. The van der Waals surface area contributed by atoms with E-state index in [0.717, 1.165) is 47.7 Å². The minimum Gasteiger partial charge on any atom is -0.468 e. The van der Waals surface area contributed by atoms with Gasteiger partial charge < -0.3 is 14.3 Å². The predicted molar refractivity (Wildman–Crippen MR) is 138 cm³/mol. The Morgan fingerprint density at radius 2 is 1.77 bits per heavy atom. The molecule has 0 unspecified atom stereocenters. The van der Waals surface area contributed by atoms with Crippen LogP contribution in [-0.2, 0) is 13.1 Å². The Hall–Kier alpha value is -3.35. The van der Waals surface area contributed by atoms with Gasteiger partial charge in [0.25, 0.3) is 0 Å². The molecule has 4 aromatic rings. The van der Waals surface area contributed by atoms with E-state index in [2.05, 4.69) is 18.7 Å². The van der Waals surface area contributed by atoms with Crippen molar-refractivity contribution < 1.29 is 14.3 Å². The summed E-state index contributed by atoms with van der Waals surface area (Å²) in [6.45, 7) is 7.92. The second-order valence-electron chi connectivity index (χ2n) is 9.08. The van der Waals surface area contributed by atoms with Crippen LogP contribution in [0.5, 0.6) is 11.6 Å². The molecule has 0 bridgehead atoms. The van der Waals surface area contributed by atoms with Crippen molar-refractivity contribution in [2.24, 2.45) is 0 Å². The Labute approximate surface area is 207 Å². The highest BCUT2D eigenvalue weighted by molar-refractivity contribution is 5.43. The summed E-state index contributed by atoms with van der Waals surface area (Å²) in [6.07, 6.45) is 4.12. The molecule has 0 fully saturated rings. The smallest absolute Gasteiger partial charge is 0.227 e. The van der Waals surface area contributed by atoms with Crippen molar-refractivity contribution in [2.75, 3.05) is 6.54 Å². The third kappa shape index (κ3) is 6.62. The van der Waals surface area contributed by atoms with E-state index < -0.39 is 6.10 Å². The first-order chi connectivity index (χ1) is 17.0. The highest BCUT2D eigenvalue weighted by atomic mass is 16.5. The number of aliphatic hydroxyl groups excluding tert-OH is 1. The molecule has 2 aromatic carbocycles. The number of aryl methyl sites for hydroxylation is 2. The lowest BCUT2D eigenvalue weighted by molar-refractivity contribution is 0.0915. The van der Waals surface area contributed by atoms with Gasteiger partial charge in [-0.25, -0.2) is 4.68 Å². The van der Waals surface area contributed by atoms with Crippen LogP contribution in [0.25, 0.3) is 5.69 Å². The Morgan fingerprint density at radius 3 is 2.46 bits per heavy atom. The Kier molecular flexibility index (Phi) is 8.40. The maximum absolute atomic E-state index is 10.7. The molecule has 0 aliphatic carbocycles. The maximum Gasteiger partial charge on any atom is 0.227 e. The first kappa shape index (κ1) is 24.8. The number of furan rings is 1. The van der Waals surface area contributed by atoms with Gasteiger partial charge in [-0.15, -0.1) is 0 Å². The first-order valence-corrected chi connectivity index (χ1v) is 12.3. The normalized spacial score (nSPS) is 12.3. The number of ether oxygens (including phenoxy) is 1. The molecule has 2 heterocycles. The topological polar surface area (TPSA) is 63.7 Å². The third-order valence-corrected chi connectivity index (χ3v) is 6.07. The van der Waals surface area contributed by atoms with Crippen LogP contribution < -0.4 is 4.74 Å². The summed E-state index contributed by atoms with van der Waals surface area (Å²) in [5.74, 6) is 2.31. The quantitative estimate of drug-likeness (QED) is 0.257. The molecule has 6 heteroatoms. The largest absolute Gasteiger partial charge is 0.468 e. The first-order valence-electron chi connectivity index (χ1n) is 12.3. The Bertz CT molecular complexity index is 1170. The van der Waals surface area contributed by atoms with Gasteiger partial charge in [0, 0.05) is 13.1 Å². The van der Waals surface area contributed by atoms with Gasteiger partial charge in [0.05, 0.1) is 35.9 Å². The zero-order chi connectivity index (χ0) is 24.6. The molecular weight excluding hydrogens is 438 g/mol. The fourth-order valence-corrected chi connectivity index (χ4v) is 4.15. The van der Waals surface area contributed by atoms with Crippen LogP contribution in [0.3, 0.4) is 0 Å². The van der Waals surface area contributed by atoms with Gasteiger partial charge in [-0.3, -0.25) is 4.90 Å². The van der Waals surface area contributed by atoms with Crippen LogP contribution in [0.4, 0.5) is 0 Å².